The summed E-state index contributed by atoms with van der Waals surface area (Å²) < 4.78 is 0. The van der Waals surface area contributed by atoms with Gasteiger partial charge in [-0.05, 0) is 20.3 Å². The summed E-state index contributed by atoms with van der Waals surface area (Å²) in [7, 11) is 3.79. The summed E-state index contributed by atoms with van der Waals surface area (Å²) >= 11 is 0. The molecule has 2 aromatic rings. The highest BCUT2D eigenvalue weighted by atomic mass is 16.2. The molecule has 1 aliphatic heterocycles. The monoisotopic (exact) mass is 385 g/mol. The van der Waals surface area contributed by atoms with Crippen LogP contribution < -0.4 is 4.90 Å². The highest BCUT2D eigenvalue weighted by Gasteiger charge is 2.23. The van der Waals surface area contributed by atoms with Crippen LogP contribution in [0.3, 0.4) is 0 Å². The molecule has 1 aliphatic rings. The van der Waals surface area contributed by atoms with Crippen molar-refractivity contribution in [3.8, 4) is 0 Å². The molecule has 8 nitrogen and oxygen atoms in total. The van der Waals surface area contributed by atoms with E-state index in [2.05, 4.69) is 33.7 Å². The van der Waals surface area contributed by atoms with E-state index in [1.54, 1.807) is 6.20 Å². The standard InChI is InChI=1S/C20H31N7O/c1-6-18-22-15(3)17(24-18)13-26-8-7-9-27(11-10-26)19(28)16-12-21-20(25(4)5)23-14(16)2/h12H,6-11,13H2,1-5H3,(H,22,24). The molecule has 0 spiro atoms. The number of anilines is 1. The van der Waals surface area contributed by atoms with Crippen LogP contribution in [0.4, 0.5) is 5.95 Å². The Bertz CT molecular complexity index is 830. The summed E-state index contributed by atoms with van der Waals surface area (Å²) in [6, 6.07) is 0. The number of carbonyl (C=O) groups excluding carboxylic acids is 1. The van der Waals surface area contributed by atoms with Crippen LogP contribution in [0.5, 0.6) is 0 Å². The molecule has 0 unspecified atom stereocenters. The third kappa shape index (κ3) is 4.49. The lowest BCUT2D eigenvalue weighted by Gasteiger charge is -2.22. The fourth-order valence-corrected chi connectivity index (χ4v) is 3.48. The Kier molecular flexibility index (Phi) is 6.28. The topological polar surface area (TPSA) is 81.2 Å². The van der Waals surface area contributed by atoms with Crippen molar-refractivity contribution >= 4 is 11.9 Å². The average Bonchev–Trinajstić information content (AvgIpc) is 2.87. The Morgan fingerprint density at radius 1 is 1.18 bits per heavy atom. The minimum atomic E-state index is 0.0221. The van der Waals surface area contributed by atoms with E-state index in [1.165, 1.54) is 0 Å². The Morgan fingerprint density at radius 2 is 1.96 bits per heavy atom. The van der Waals surface area contributed by atoms with Gasteiger partial charge in [0, 0.05) is 65.1 Å². The van der Waals surface area contributed by atoms with Crippen molar-refractivity contribution in [1.29, 1.82) is 0 Å². The number of nitrogens with one attached hydrogen (secondary N) is 1. The lowest BCUT2D eigenvalue weighted by Crippen LogP contribution is -2.35. The van der Waals surface area contributed by atoms with E-state index in [-0.39, 0.29) is 5.91 Å². The number of carbonyl (C=O) groups is 1. The Balaban J connectivity index is 1.64. The van der Waals surface area contributed by atoms with E-state index in [4.69, 9.17) is 4.98 Å². The van der Waals surface area contributed by atoms with Crippen molar-refractivity contribution in [3.05, 3.63) is 34.7 Å². The number of aryl methyl sites for hydroxylation is 3. The SMILES string of the molecule is CCc1nc(CN2CCCN(C(=O)c3cnc(N(C)C)nc3C)CC2)c(C)[nH]1. The lowest BCUT2D eigenvalue weighted by molar-refractivity contribution is 0.0759. The molecule has 0 aromatic carbocycles. The van der Waals surface area contributed by atoms with Gasteiger partial charge < -0.3 is 14.8 Å². The molecule has 0 radical (unpaired) electrons. The zero-order valence-corrected chi connectivity index (χ0v) is 17.6. The second-order valence-corrected chi connectivity index (χ2v) is 7.59. The van der Waals surface area contributed by atoms with E-state index >= 15 is 0 Å². The summed E-state index contributed by atoms with van der Waals surface area (Å²) in [6.07, 6.45) is 3.52. The van der Waals surface area contributed by atoms with Crippen LogP contribution >= 0.6 is 0 Å². The number of imidazole rings is 1. The third-order valence-corrected chi connectivity index (χ3v) is 5.22. The van der Waals surface area contributed by atoms with Gasteiger partial charge in [0.15, 0.2) is 0 Å². The molecule has 1 N–H and O–H groups in total. The lowest BCUT2D eigenvalue weighted by atomic mass is 10.2. The van der Waals surface area contributed by atoms with Crippen molar-refractivity contribution in [1.82, 2.24) is 29.7 Å². The first-order valence-corrected chi connectivity index (χ1v) is 9.96. The molecule has 0 bridgehead atoms. The second-order valence-electron chi connectivity index (χ2n) is 7.59. The first-order valence-electron chi connectivity index (χ1n) is 9.96. The Hall–Kier alpha value is -2.48. The molecule has 0 atom stereocenters. The predicted molar refractivity (Wildman–Crippen MR) is 110 cm³/mol. The van der Waals surface area contributed by atoms with Crippen LogP contribution in [0.1, 0.15) is 46.6 Å². The minimum absolute atomic E-state index is 0.0221. The molecule has 152 valence electrons. The molecule has 1 fully saturated rings. The molecular formula is C20H31N7O. The van der Waals surface area contributed by atoms with Crippen molar-refractivity contribution in [2.24, 2.45) is 0 Å². The van der Waals surface area contributed by atoms with Crippen LogP contribution in [0.25, 0.3) is 0 Å². The molecule has 2 aromatic heterocycles. The van der Waals surface area contributed by atoms with Gasteiger partial charge in [-0.1, -0.05) is 6.92 Å². The molecule has 28 heavy (non-hydrogen) atoms. The molecule has 3 heterocycles. The van der Waals surface area contributed by atoms with E-state index in [1.807, 2.05) is 30.8 Å². The summed E-state index contributed by atoms with van der Waals surface area (Å²) in [5.74, 6) is 1.68. The number of nitrogens with zero attached hydrogens (tertiary/aromatic N) is 6. The van der Waals surface area contributed by atoms with Crippen LogP contribution in [0, 0.1) is 13.8 Å². The molecular weight excluding hydrogens is 354 g/mol. The first kappa shape index (κ1) is 20.3. The quantitative estimate of drug-likeness (QED) is 0.845. The minimum Gasteiger partial charge on any atom is -0.347 e. The molecule has 0 aliphatic carbocycles. The summed E-state index contributed by atoms with van der Waals surface area (Å²) in [5, 5.41) is 0. The van der Waals surface area contributed by atoms with Gasteiger partial charge in [0.1, 0.15) is 5.82 Å². The zero-order valence-electron chi connectivity index (χ0n) is 17.6. The fraction of sp³-hybridized carbons (Fsp3) is 0.600. The Morgan fingerprint density at radius 3 is 2.61 bits per heavy atom. The maximum absolute atomic E-state index is 13.0. The van der Waals surface area contributed by atoms with Gasteiger partial charge in [-0.15, -0.1) is 0 Å². The number of hydrogen-bond donors (Lipinski definition) is 1. The summed E-state index contributed by atoms with van der Waals surface area (Å²) in [4.78, 5) is 36.0. The maximum atomic E-state index is 13.0. The molecule has 8 heteroatoms. The van der Waals surface area contributed by atoms with E-state index in [0.29, 0.717) is 18.1 Å². The predicted octanol–water partition coefficient (Wildman–Crippen LogP) is 1.79. The number of hydrogen-bond acceptors (Lipinski definition) is 6. The van der Waals surface area contributed by atoms with Gasteiger partial charge in [-0.25, -0.2) is 15.0 Å². The number of aromatic nitrogens is 4. The highest BCUT2D eigenvalue weighted by Crippen LogP contribution is 2.15. The smallest absolute Gasteiger partial charge is 0.257 e. The second kappa shape index (κ2) is 8.68. The van der Waals surface area contributed by atoms with Crippen molar-refractivity contribution in [2.75, 3.05) is 45.2 Å². The van der Waals surface area contributed by atoms with Crippen LogP contribution in [-0.4, -0.2) is 75.9 Å². The average molecular weight is 386 g/mol. The number of H-pyrrole nitrogens is 1. The van der Waals surface area contributed by atoms with Gasteiger partial charge in [-0.2, -0.15) is 0 Å². The largest absolute Gasteiger partial charge is 0.347 e. The first-order chi connectivity index (χ1) is 13.4. The summed E-state index contributed by atoms with van der Waals surface area (Å²) in [6.45, 7) is 10.1. The normalized spacial score (nSPS) is 15.5. The fourth-order valence-electron chi connectivity index (χ4n) is 3.48. The highest BCUT2D eigenvalue weighted by molar-refractivity contribution is 5.95. The maximum Gasteiger partial charge on any atom is 0.257 e. The third-order valence-electron chi connectivity index (χ3n) is 5.22. The van der Waals surface area contributed by atoms with Crippen LogP contribution in [0.2, 0.25) is 0 Å². The van der Waals surface area contributed by atoms with Crippen molar-refractivity contribution < 1.29 is 4.79 Å². The van der Waals surface area contributed by atoms with Gasteiger partial charge in [0.2, 0.25) is 5.95 Å². The Labute approximate surface area is 167 Å². The molecule has 0 saturated carbocycles. The number of rotatable bonds is 5. The van der Waals surface area contributed by atoms with E-state index in [9.17, 15) is 4.79 Å². The van der Waals surface area contributed by atoms with Gasteiger partial charge >= 0.3 is 0 Å². The molecule has 1 saturated heterocycles. The van der Waals surface area contributed by atoms with E-state index < -0.39 is 0 Å². The van der Waals surface area contributed by atoms with E-state index in [0.717, 1.165) is 61.9 Å². The zero-order chi connectivity index (χ0) is 20.3. The van der Waals surface area contributed by atoms with Crippen LogP contribution in [-0.2, 0) is 13.0 Å². The number of amides is 1. The molecule has 3 rings (SSSR count). The summed E-state index contributed by atoms with van der Waals surface area (Å²) in [5.41, 5.74) is 3.57. The van der Waals surface area contributed by atoms with Crippen molar-refractivity contribution in [3.63, 3.8) is 0 Å². The van der Waals surface area contributed by atoms with Gasteiger partial charge in [0.25, 0.3) is 5.91 Å². The van der Waals surface area contributed by atoms with Gasteiger partial charge in [0.05, 0.1) is 17.0 Å². The number of aromatic amines is 1. The van der Waals surface area contributed by atoms with Crippen molar-refractivity contribution in [2.45, 2.75) is 40.2 Å². The van der Waals surface area contributed by atoms with Gasteiger partial charge in [-0.3, -0.25) is 9.69 Å². The molecule has 1 amide bonds. The van der Waals surface area contributed by atoms with Crippen LogP contribution in [0.15, 0.2) is 6.20 Å².